The van der Waals surface area contributed by atoms with E-state index in [0.29, 0.717) is 32.0 Å². The number of hydrogen-bond acceptors (Lipinski definition) is 3. The maximum Gasteiger partial charge on any atom is 0.222 e. The number of carbonyl (C=O) groups is 1. The number of amides is 1. The lowest BCUT2D eigenvalue weighted by atomic mass is 9.94. The number of nitrogens with zero attached hydrogens (tertiary/aromatic N) is 1. The Morgan fingerprint density at radius 3 is 2.52 bits per heavy atom. The first-order chi connectivity index (χ1) is 10.0. The Balaban J connectivity index is 2.30. The fourth-order valence-electron chi connectivity index (χ4n) is 2.27. The van der Waals surface area contributed by atoms with Crippen LogP contribution in [0.5, 0.6) is 5.75 Å². The Hall–Kier alpha value is -1.55. The van der Waals surface area contributed by atoms with Gasteiger partial charge in [0.15, 0.2) is 0 Å². The molecule has 0 fully saturated rings. The van der Waals surface area contributed by atoms with Gasteiger partial charge >= 0.3 is 0 Å². The van der Waals surface area contributed by atoms with Crippen LogP contribution in [0.25, 0.3) is 0 Å². The first kappa shape index (κ1) is 17.5. The van der Waals surface area contributed by atoms with E-state index in [1.807, 2.05) is 37.4 Å². The molecule has 1 rings (SSSR count). The molecule has 0 saturated heterocycles. The highest BCUT2D eigenvalue weighted by atomic mass is 16.5. The Labute approximate surface area is 128 Å². The molecular weight excluding hydrogens is 264 g/mol. The van der Waals surface area contributed by atoms with Crippen molar-refractivity contribution >= 4 is 5.91 Å². The number of ether oxygens (including phenoxy) is 1. The van der Waals surface area contributed by atoms with E-state index in [2.05, 4.69) is 13.8 Å². The van der Waals surface area contributed by atoms with Gasteiger partial charge in [-0.25, -0.2) is 0 Å². The molecule has 0 radical (unpaired) electrons. The van der Waals surface area contributed by atoms with Crippen LogP contribution >= 0.6 is 0 Å². The van der Waals surface area contributed by atoms with E-state index < -0.39 is 0 Å². The first-order valence-electron chi connectivity index (χ1n) is 7.64. The molecule has 2 N–H and O–H groups in total. The zero-order chi connectivity index (χ0) is 15.7. The van der Waals surface area contributed by atoms with Crippen LogP contribution in [0.3, 0.4) is 0 Å². The van der Waals surface area contributed by atoms with Crippen molar-refractivity contribution in [1.82, 2.24) is 4.90 Å². The molecule has 0 aromatic heterocycles. The van der Waals surface area contributed by atoms with Gasteiger partial charge in [0.25, 0.3) is 0 Å². The largest absolute Gasteiger partial charge is 0.492 e. The average Bonchev–Trinajstić information content (AvgIpc) is 2.46. The second-order valence-electron chi connectivity index (χ2n) is 5.91. The molecule has 1 atom stereocenters. The molecule has 21 heavy (non-hydrogen) atoms. The maximum absolute atomic E-state index is 12.2. The molecule has 0 aliphatic rings. The van der Waals surface area contributed by atoms with E-state index in [0.717, 1.165) is 12.2 Å². The lowest BCUT2D eigenvalue weighted by Crippen LogP contribution is -2.33. The van der Waals surface area contributed by atoms with Gasteiger partial charge in [-0.05, 0) is 36.9 Å². The number of carbonyl (C=O) groups excluding carboxylic acids is 1. The maximum atomic E-state index is 12.2. The third-order valence-corrected chi connectivity index (χ3v) is 3.47. The van der Waals surface area contributed by atoms with Gasteiger partial charge in [0.2, 0.25) is 5.91 Å². The van der Waals surface area contributed by atoms with E-state index in [4.69, 9.17) is 10.5 Å². The van der Waals surface area contributed by atoms with E-state index in [1.165, 1.54) is 0 Å². The summed E-state index contributed by atoms with van der Waals surface area (Å²) in [7, 11) is 1.82. The number of hydrogen-bond donors (Lipinski definition) is 1. The van der Waals surface area contributed by atoms with Gasteiger partial charge in [-0.1, -0.05) is 32.0 Å². The van der Waals surface area contributed by atoms with Gasteiger partial charge in [0.05, 0.1) is 6.54 Å². The minimum Gasteiger partial charge on any atom is -0.492 e. The van der Waals surface area contributed by atoms with Gasteiger partial charge < -0.3 is 15.4 Å². The van der Waals surface area contributed by atoms with Crippen LogP contribution in [0.2, 0.25) is 0 Å². The highest BCUT2D eigenvalue weighted by molar-refractivity contribution is 5.76. The number of likely N-dealkylation sites (N-methyl/N-ethyl adjacent to an activating group) is 1. The Morgan fingerprint density at radius 2 is 1.95 bits per heavy atom. The highest BCUT2D eigenvalue weighted by Gasteiger charge is 2.16. The van der Waals surface area contributed by atoms with Crippen LogP contribution in [0, 0.1) is 11.8 Å². The summed E-state index contributed by atoms with van der Waals surface area (Å²) in [5, 5.41) is 0. The van der Waals surface area contributed by atoms with Gasteiger partial charge in [-0.2, -0.15) is 0 Å². The topological polar surface area (TPSA) is 55.6 Å². The number of nitrogens with two attached hydrogens (primary N) is 1. The van der Waals surface area contributed by atoms with Crippen molar-refractivity contribution < 1.29 is 9.53 Å². The zero-order valence-corrected chi connectivity index (χ0v) is 13.4. The normalized spacial score (nSPS) is 12.2. The van der Waals surface area contributed by atoms with Crippen LogP contribution in [0.1, 0.15) is 26.7 Å². The summed E-state index contributed by atoms with van der Waals surface area (Å²) in [6.07, 6.45) is 1.52. The van der Waals surface area contributed by atoms with Crippen LogP contribution in [0.4, 0.5) is 0 Å². The van der Waals surface area contributed by atoms with Crippen LogP contribution < -0.4 is 10.5 Å². The SMILES string of the molecule is CC(C)C[C@H](CN)CC(=O)N(C)CCOc1ccccc1. The Bertz CT molecular complexity index is 407. The van der Waals surface area contributed by atoms with Crippen molar-refractivity contribution in [3.05, 3.63) is 30.3 Å². The molecule has 0 saturated carbocycles. The molecule has 0 aliphatic heterocycles. The van der Waals surface area contributed by atoms with Crippen LogP contribution in [0.15, 0.2) is 30.3 Å². The van der Waals surface area contributed by atoms with Crippen molar-refractivity contribution in [1.29, 1.82) is 0 Å². The van der Waals surface area contributed by atoms with E-state index in [9.17, 15) is 4.79 Å². The smallest absolute Gasteiger partial charge is 0.222 e. The van der Waals surface area contributed by atoms with Crippen LogP contribution in [-0.2, 0) is 4.79 Å². The van der Waals surface area contributed by atoms with Crippen molar-refractivity contribution in [3.63, 3.8) is 0 Å². The molecule has 1 amide bonds. The second-order valence-corrected chi connectivity index (χ2v) is 5.91. The zero-order valence-electron chi connectivity index (χ0n) is 13.4. The fraction of sp³-hybridized carbons (Fsp3) is 0.588. The quantitative estimate of drug-likeness (QED) is 0.761. The number of para-hydroxylation sites is 1. The predicted molar refractivity (Wildman–Crippen MR) is 86.2 cm³/mol. The summed E-state index contributed by atoms with van der Waals surface area (Å²) in [6, 6.07) is 9.64. The van der Waals surface area contributed by atoms with Gasteiger partial charge in [-0.15, -0.1) is 0 Å². The average molecular weight is 292 g/mol. The van der Waals surface area contributed by atoms with Gasteiger partial charge in [0.1, 0.15) is 12.4 Å². The van der Waals surface area contributed by atoms with E-state index >= 15 is 0 Å². The summed E-state index contributed by atoms with van der Waals surface area (Å²) in [5.74, 6) is 1.81. The van der Waals surface area contributed by atoms with Crippen molar-refractivity contribution in [2.75, 3.05) is 26.7 Å². The van der Waals surface area contributed by atoms with Crippen molar-refractivity contribution in [2.24, 2.45) is 17.6 Å². The van der Waals surface area contributed by atoms with Gasteiger partial charge in [-0.3, -0.25) is 4.79 Å². The Morgan fingerprint density at radius 1 is 1.29 bits per heavy atom. The first-order valence-corrected chi connectivity index (χ1v) is 7.64. The molecule has 0 spiro atoms. The standard InChI is InChI=1S/C17H28N2O2/c1-14(2)11-15(13-18)12-17(20)19(3)9-10-21-16-7-5-4-6-8-16/h4-8,14-15H,9-13,18H2,1-3H3/t15-/m0/s1. The third-order valence-electron chi connectivity index (χ3n) is 3.47. The molecule has 0 bridgehead atoms. The molecule has 1 aromatic rings. The van der Waals surface area contributed by atoms with Gasteiger partial charge in [0, 0.05) is 13.5 Å². The third kappa shape index (κ3) is 7.14. The molecule has 4 nitrogen and oxygen atoms in total. The monoisotopic (exact) mass is 292 g/mol. The molecule has 1 aromatic carbocycles. The summed E-state index contributed by atoms with van der Waals surface area (Å²) in [5.41, 5.74) is 5.75. The molecule has 4 heteroatoms. The molecule has 118 valence electrons. The number of benzene rings is 1. The molecule has 0 unspecified atom stereocenters. The highest BCUT2D eigenvalue weighted by Crippen LogP contribution is 2.15. The summed E-state index contributed by atoms with van der Waals surface area (Å²) >= 11 is 0. The summed E-state index contributed by atoms with van der Waals surface area (Å²) < 4.78 is 5.60. The molecular formula is C17H28N2O2. The summed E-state index contributed by atoms with van der Waals surface area (Å²) in [4.78, 5) is 13.9. The lowest BCUT2D eigenvalue weighted by Gasteiger charge is -2.22. The minimum atomic E-state index is 0.141. The minimum absolute atomic E-state index is 0.141. The molecule has 0 aliphatic carbocycles. The van der Waals surface area contributed by atoms with E-state index in [-0.39, 0.29) is 11.8 Å². The van der Waals surface area contributed by atoms with E-state index in [1.54, 1.807) is 4.90 Å². The lowest BCUT2D eigenvalue weighted by molar-refractivity contribution is -0.131. The van der Waals surface area contributed by atoms with Crippen molar-refractivity contribution in [3.8, 4) is 5.75 Å². The molecule has 0 heterocycles. The predicted octanol–water partition coefficient (Wildman–Crippen LogP) is 2.53. The fourth-order valence-corrected chi connectivity index (χ4v) is 2.27. The second kappa shape index (κ2) is 9.40. The van der Waals surface area contributed by atoms with Crippen molar-refractivity contribution in [2.45, 2.75) is 26.7 Å². The Kier molecular flexibility index (Phi) is 7.83. The number of rotatable bonds is 9. The van der Waals surface area contributed by atoms with Crippen LogP contribution in [-0.4, -0.2) is 37.6 Å². The summed E-state index contributed by atoms with van der Waals surface area (Å²) in [6.45, 7) is 5.98.